The van der Waals surface area contributed by atoms with Crippen LogP contribution in [0.3, 0.4) is 0 Å². The fourth-order valence-electron chi connectivity index (χ4n) is 4.54. The van der Waals surface area contributed by atoms with Crippen LogP contribution in [0.2, 0.25) is 0 Å². The number of carbonyl (C=O) groups is 1. The Morgan fingerprint density at radius 3 is 2.74 bits per heavy atom. The average Bonchev–Trinajstić information content (AvgIpc) is 3.14. The van der Waals surface area contributed by atoms with Crippen molar-refractivity contribution in [2.24, 2.45) is 0 Å². The van der Waals surface area contributed by atoms with Gasteiger partial charge in [0.05, 0.1) is 28.8 Å². The Kier molecular flexibility index (Phi) is 5.06. The van der Waals surface area contributed by atoms with E-state index in [9.17, 15) is 4.79 Å². The molecule has 2 aromatic carbocycles. The van der Waals surface area contributed by atoms with Gasteiger partial charge >= 0.3 is 0 Å². The highest BCUT2D eigenvalue weighted by Gasteiger charge is 2.17. The van der Waals surface area contributed by atoms with Crippen LogP contribution in [0.5, 0.6) is 0 Å². The first kappa shape index (κ1) is 19.5. The van der Waals surface area contributed by atoms with Gasteiger partial charge in [-0.15, -0.1) is 0 Å². The first-order valence-electron chi connectivity index (χ1n) is 11.0. The van der Waals surface area contributed by atoms with Crippen molar-refractivity contribution in [3.05, 3.63) is 71.3 Å². The maximum atomic E-state index is 12.8. The molecule has 0 saturated heterocycles. The molecule has 6 heteroatoms. The molecular weight excluding hydrogens is 386 g/mol. The van der Waals surface area contributed by atoms with E-state index in [4.69, 9.17) is 4.98 Å². The lowest BCUT2D eigenvalue weighted by atomic mass is 10.1. The van der Waals surface area contributed by atoms with E-state index in [0.29, 0.717) is 6.42 Å². The number of benzene rings is 2. The summed E-state index contributed by atoms with van der Waals surface area (Å²) in [6.07, 6.45) is 4.98. The van der Waals surface area contributed by atoms with Gasteiger partial charge in [-0.05, 0) is 57.0 Å². The summed E-state index contributed by atoms with van der Waals surface area (Å²) in [6.45, 7) is 5.00. The van der Waals surface area contributed by atoms with Crippen molar-refractivity contribution in [2.45, 2.75) is 52.5 Å². The molecule has 2 aromatic heterocycles. The summed E-state index contributed by atoms with van der Waals surface area (Å²) in [5.74, 6) is 1.12. The SMILES string of the molecule is Cc1nn(-c2ccccc2)c(C)c1CC(=O)Nc1ccc2c(c1)nc1n2CCCCC1. The Bertz CT molecular complexity index is 1250. The molecule has 0 saturated carbocycles. The van der Waals surface area contributed by atoms with E-state index in [1.54, 1.807) is 0 Å². The predicted molar refractivity (Wildman–Crippen MR) is 123 cm³/mol. The van der Waals surface area contributed by atoms with Gasteiger partial charge in [0, 0.05) is 29.9 Å². The number of fused-ring (bicyclic) bond motifs is 3. The third kappa shape index (κ3) is 3.74. The second kappa shape index (κ2) is 8.02. The highest BCUT2D eigenvalue weighted by Crippen LogP contribution is 2.25. The lowest BCUT2D eigenvalue weighted by molar-refractivity contribution is -0.115. The summed E-state index contributed by atoms with van der Waals surface area (Å²) in [5, 5.41) is 7.70. The van der Waals surface area contributed by atoms with Crippen LogP contribution in [0.25, 0.3) is 16.7 Å². The van der Waals surface area contributed by atoms with Crippen LogP contribution >= 0.6 is 0 Å². The number of imidazole rings is 1. The Morgan fingerprint density at radius 1 is 1.06 bits per heavy atom. The molecule has 1 N–H and O–H groups in total. The molecule has 4 aromatic rings. The van der Waals surface area contributed by atoms with Crippen LogP contribution in [0.1, 0.15) is 42.0 Å². The van der Waals surface area contributed by atoms with Crippen molar-refractivity contribution in [1.82, 2.24) is 19.3 Å². The second-order valence-electron chi connectivity index (χ2n) is 8.32. The topological polar surface area (TPSA) is 64.7 Å². The van der Waals surface area contributed by atoms with E-state index >= 15 is 0 Å². The molecule has 1 aliphatic rings. The first-order chi connectivity index (χ1) is 15.1. The highest BCUT2D eigenvalue weighted by molar-refractivity contribution is 5.94. The third-order valence-electron chi connectivity index (χ3n) is 6.17. The number of hydrogen-bond acceptors (Lipinski definition) is 3. The van der Waals surface area contributed by atoms with Gasteiger partial charge in [0.15, 0.2) is 0 Å². The van der Waals surface area contributed by atoms with Crippen LogP contribution in [0.15, 0.2) is 48.5 Å². The van der Waals surface area contributed by atoms with Crippen LogP contribution in [-0.4, -0.2) is 25.2 Å². The van der Waals surface area contributed by atoms with E-state index in [2.05, 4.69) is 21.0 Å². The first-order valence-corrected chi connectivity index (χ1v) is 11.0. The number of hydrogen-bond donors (Lipinski definition) is 1. The third-order valence-corrected chi connectivity index (χ3v) is 6.17. The Balaban J connectivity index is 1.35. The fourth-order valence-corrected chi connectivity index (χ4v) is 4.54. The molecule has 0 radical (unpaired) electrons. The molecule has 158 valence electrons. The minimum atomic E-state index is -0.0427. The number of aryl methyl sites for hydroxylation is 3. The number of para-hydroxylation sites is 1. The monoisotopic (exact) mass is 413 g/mol. The fraction of sp³-hybridized carbons (Fsp3) is 0.320. The molecule has 3 heterocycles. The van der Waals surface area contributed by atoms with E-state index in [-0.39, 0.29) is 5.91 Å². The van der Waals surface area contributed by atoms with Gasteiger partial charge in [-0.1, -0.05) is 24.6 Å². The number of amides is 1. The maximum Gasteiger partial charge on any atom is 0.228 e. The van der Waals surface area contributed by atoms with E-state index < -0.39 is 0 Å². The molecular formula is C25H27N5O. The number of aromatic nitrogens is 4. The summed E-state index contributed by atoms with van der Waals surface area (Å²) in [6, 6.07) is 16.0. The Labute approximate surface area is 181 Å². The standard InChI is InChI=1S/C25H27N5O/c1-17-21(18(2)30(28-17)20-9-5-3-6-10-20)16-25(31)26-19-12-13-23-22(15-19)27-24-11-7-4-8-14-29(23)24/h3,5-6,9-10,12-13,15H,4,7-8,11,14,16H2,1-2H3,(H,26,31). The molecule has 0 unspecified atom stereocenters. The van der Waals surface area contributed by atoms with Crippen LogP contribution in [-0.2, 0) is 24.2 Å². The quantitative estimate of drug-likeness (QED) is 0.525. The normalized spacial score (nSPS) is 13.7. The number of anilines is 1. The molecule has 0 fully saturated rings. The summed E-state index contributed by atoms with van der Waals surface area (Å²) < 4.78 is 4.24. The zero-order chi connectivity index (χ0) is 21.4. The number of nitrogens with one attached hydrogen (secondary N) is 1. The van der Waals surface area contributed by atoms with Crippen LogP contribution in [0.4, 0.5) is 5.69 Å². The zero-order valence-corrected chi connectivity index (χ0v) is 18.1. The molecule has 6 nitrogen and oxygen atoms in total. The predicted octanol–water partition coefficient (Wildman–Crippen LogP) is 4.75. The molecule has 1 aliphatic heterocycles. The van der Waals surface area contributed by atoms with Gasteiger partial charge in [0.25, 0.3) is 0 Å². The molecule has 1 amide bonds. The molecule has 0 aliphatic carbocycles. The summed E-state index contributed by atoms with van der Waals surface area (Å²) in [7, 11) is 0. The highest BCUT2D eigenvalue weighted by atomic mass is 16.1. The summed E-state index contributed by atoms with van der Waals surface area (Å²) in [5.41, 5.74) is 6.74. The van der Waals surface area contributed by atoms with Gasteiger partial charge in [0.1, 0.15) is 5.82 Å². The van der Waals surface area contributed by atoms with Crippen molar-refractivity contribution in [1.29, 1.82) is 0 Å². The maximum absolute atomic E-state index is 12.8. The minimum Gasteiger partial charge on any atom is -0.328 e. The summed E-state index contributed by atoms with van der Waals surface area (Å²) >= 11 is 0. The van der Waals surface area contributed by atoms with E-state index in [0.717, 1.165) is 58.1 Å². The van der Waals surface area contributed by atoms with Crippen LogP contribution < -0.4 is 5.32 Å². The second-order valence-corrected chi connectivity index (χ2v) is 8.32. The van der Waals surface area contributed by atoms with Gasteiger partial charge in [-0.2, -0.15) is 5.10 Å². The van der Waals surface area contributed by atoms with Crippen molar-refractivity contribution in [2.75, 3.05) is 5.32 Å². The number of carbonyl (C=O) groups excluding carboxylic acids is 1. The molecule has 31 heavy (non-hydrogen) atoms. The number of rotatable bonds is 4. The minimum absolute atomic E-state index is 0.0427. The van der Waals surface area contributed by atoms with Gasteiger partial charge in [-0.25, -0.2) is 9.67 Å². The van der Waals surface area contributed by atoms with Crippen molar-refractivity contribution in [3.8, 4) is 5.69 Å². The van der Waals surface area contributed by atoms with Crippen molar-refractivity contribution in [3.63, 3.8) is 0 Å². The van der Waals surface area contributed by atoms with Gasteiger partial charge in [-0.3, -0.25) is 4.79 Å². The Hall–Kier alpha value is -3.41. The zero-order valence-electron chi connectivity index (χ0n) is 18.1. The van der Waals surface area contributed by atoms with Crippen molar-refractivity contribution >= 4 is 22.6 Å². The smallest absolute Gasteiger partial charge is 0.228 e. The molecule has 5 rings (SSSR count). The van der Waals surface area contributed by atoms with E-state index in [1.807, 2.05) is 61.0 Å². The number of nitrogens with zero attached hydrogens (tertiary/aromatic N) is 4. The largest absolute Gasteiger partial charge is 0.328 e. The van der Waals surface area contributed by atoms with Crippen LogP contribution in [0, 0.1) is 13.8 Å². The molecule has 0 bridgehead atoms. The van der Waals surface area contributed by atoms with Crippen molar-refractivity contribution < 1.29 is 4.79 Å². The van der Waals surface area contributed by atoms with Gasteiger partial charge < -0.3 is 9.88 Å². The lowest BCUT2D eigenvalue weighted by Crippen LogP contribution is -2.15. The molecule has 0 spiro atoms. The Morgan fingerprint density at radius 2 is 1.90 bits per heavy atom. The van der Waals surface area contributed by atoms with E-state index in [1.165, 1.54) is 19.3 Å². The summed E-state index contributed by atoms with van der Waals surface area (Å²) in [4.78, 5) is 17.7. The lowest BCUT2D eigenvalue weighted by Gasteiger charge is -2.08. The van der Waals surface area contributed by atoms with Gasteiger partial charge in [0.2, 0.25) is 5.91 Å². The molecule has 0 atom stereocenters. The average molecular weight is 414 g/mol.